The fourth-order valence-electron chi connectivity index (χ4n) is 5.83. The molecule has 6 rings (SSSR count). The zero-order valence-electron chi connectivity index (χ0n) is 15.6. The van der Waals surface area contributed by atoms with Crippen LogP contribution in [-0.4, -0.2) is 21.6 Å². The average molecular weight is 367 g/mol. The molecule has 1 amide bonds. The summed E-state index contributed by atoms with van der Waals surface area (Å²) in [7, 11) is 0. The molecule has 1 aromatic carbocycles. The second kappa shape index (κ2) is 6.36. The van der Waals surface area contributed by atoms with Gasteiger partial charge in [0.25, 0.3) is 5.91 Å². The fourth-order valence-corrected chi connectivity index (χ4v) is 5.83. The quantitative estimate of drug-likeness (QED) is 0.873. The Morgan fingerprint density at radius 1 is 1.15 bits per heavy atom. The fraction of sp³-hybridized carbons (Fsp3) is 0.571. The summed E-state index contributed by atoms with van der Waals surface area (Å²) in [4.78, 5) is 16.9. The molecule has 4 aliphatic rings. The molecule has 2 aromatic rings. The molecular formula is C21H25N3O3. The highest BCUT2D eigenvalue weighted by Gasteiger charge is 2.51. The van der Waals surface area contributed by atoms with Gasteiger partial charge in [0.2, 0.25) is 11.7 Å². The van der Waals surface area contributed by atoms with E-state index >= 15 is 0 Å². The van der Waals surface area contributed by atoms with Crippen LogP contribution in [0.25, 0.3) is 0 Å². The van der Waals surface area contributed by atoms with Gasteiger partial charge in [0.05, 0.1) is 0 Å². The average Bonchev–Trinajstić information content (AvgIpc) is 3.04. The standard InChI is InChI=1S/C21H25N3O3/c1-13-22-19(24-27-13)12-26-18-4-2-17(3-5-18)20(25)23-21-9-14-6-15(10-21)8-16(7-14)11-21/h2-5,14-16H,6-12H2,1H3,(H,23,25). The van der Waals surface area contributed by atoms with E-state index in [0.717, 1.165) is 37.0 Å². The van der Waals surface area contributed by atoms with Crippen molar-refractivity contribution in [3.8, 4) is 5.75 Å². The van der Waals surface area contributed by atoms with Gasteiger partial charge in [-0.25, -0.2) is 0 Å². The molecular weight excluding hydrogens is 342 g/mol. The minimum absolute atomic E-state index is 0.0392. The van der Waals surface area contributed by atoms with Crippen molar-refractivity contribution in [3.63, 3.8) is 0 Å². The molecule has 27 heavy (non-hydrogen) atoms. The monoisotopic (exact) mass is 367 g/mol. The molecule has 0 aliphatic heterocycles. The molecule has 4 saturated carbocycles. The number of nitrogens with zero attached hydrogens (tertiary/aromatic N) is 2. The number of carbonyl (C=O) groups excluding carboxylic acids is 1. The molecule has 1 N–H and O–H groups in total. The zero-order chi connectivity index (χ0) is 18.4. The van der Waals surface area contributed by atoms with Gasteiger partial charge in [-0.1, -0.05) is 5.16 Å². The number of benzene rings is 1. The summed E-state index contributed by atoms with van der Waals surface area (Å²) in [6.45, 7) is 1.99. The number of rotatable bonds is 5. The minimum Gasteiger partial charge on any atom is -0.485 e. The van der Waals surface area contributed by atoms with E-state index < -0.39 is 0 Å². The number of nitrogens with one attached hydrogen (secondary N) is 1. The molecule has 1 aromatic heterocycles. The number of aryl methyl sites for hydroxylation is 1. The largest absolute Gasteiger partial charge is 0.485 e. The maximum absolute atomic E-state index is 12.8. The molecule has 1 heterocycles. The van der Waals surface area contributed by atoms with Crippen molar-refractivity contribution in [1.82, 2.24) is 15.5 Å². The third kappa shape index (κ3) is 3.33. The second-order valence-corrected chi connectivity index (χ2v) is 8.69. The molecule has 0 saturated heterocycles. The highest BCUT2D eigenvalue weighted by atomic mass is 16.5. The summed E-state index contributed by atoms with van der Waals surface area (Å²) >= 11 is 0. The lowest BCUT2D eigenvalue weighted by Crippen LogP contribution is -2.59. The Balaban J connectivity index is 1.22. The van der Waals surface area contributed by atoms with E-state index in [1.54, 1.807) is 6.92 Å². The Bertz CT molecular complexity index is 807. The van der Waals surface area contributed by atoms with Gasteiger partial charge in [-0.15, -0.1) is 0 Å². The van der Waals surface area contributed by atoms with Crippen LogP contribution in [0, 0.1) is 24.7 Å². The van der Waals surface area contributed by atoms with E-state index in [9.17, 15) is 4.79 Å². The molecule has 4 bridgehead atoms. The number of carbonyl (C=O) groups is 1. The molecule has 0 atom stereocenters. The Morgan fingerprint density at radius 2 is 1.78 bits per heavy atom. The molecule has 6 heteroatoms. The number of ether oxygens (including phenoxy) is 1. The smallest absolute Gasteiger partial charge is 0.251 e. The van der Waals surface area contributed by atoms with E-state index in [1.807, 2.05) is 24.3 Å². The number of amides is 1. The SMILES string of the molecule is Cc1nc(COc2ccc(C(=O)NC34CC5CC(CC(C5)C3)C4)cc2)no1. The zero-order valence-corrected chi connectivity index (χ0v) is 15.6. The predicted octanol–water partition coefficient (Wildman–Crippen LogP) is 3.66. The first-order chi connectivity index (χ1) is 13.1. The van der Waals surface area contributed by atoms with Crippen molar-refractivity contribution >= 4 is 5.91 Å². The molecule has 6 nitrogen and oxygen atoms in total. The van der Waals surface area contributed by atoms with Gasteiger partial charge in [0.15, 0.2) is 6.61 Å². The van der Waals surface area contributed by atoms with Gasteiger partial charge >= 0.3 is 0 Å². The minimum atomic E-state index is 0.0392. The normalized spacial score (nSPS) is 31.1. The van der Waals surface area contributed by atoms with E-state index in [1.165, 1.54) is 19.3 Å². The molecule has 0 spiro atoms. The van der Waals surface area contributed by atoms with Gasteiger partial charge in [-0.3, -0.25) is 4.79 Å². The van der Waals surface area contributed by atoms with Crippen LogP contribution in [-0.2, 0) is 6.61 Å². The topological polar surface area (TPSA) is 77.2 Å². The molecule has 142 valence electrons. The first-order valence-corrected chi connectivity index (χ1v) is 9.91. The van der Waals surface area contributed by atoms with Crippen LogP contribution < -0.4 is 10.1 Å². The van der Waals surface area contributed by atoms with Crippen LogP contribution in [0.3, 0.4) is 0 Å². The van der Waals surface area contributed by atoms with Crippen molar-refractivity contribution in [3.05, 3.63) is 41.5 Å². The van der Waals surface area contributed by atoms with E-state index in [4.69, 9.17) is 9.26 Å². The molecule has 0 radical (unpaired) electrons. The molecule has 4 fully saturated rings. The van der Waals surface area contributed by atoms with Crippen LogP contribution in [0.15, 0.2) is 28.8 Å². The maximum Gasteiger partial charge on any atom is 0.251 e. The van der Waals surface area contributed by atoms with Crippen molar-refractivity contribution in [2.24, 2.45) is 17.8 Å². The predicted molar refractivity (Wildman–Crippen MR) is 98.2 cm³/mol. The van der Waals surface area contributed by atoms with E-state index in [0.29, 0.717) is 23.0 Å². The van der Waals surface area contributed by atoms with Crippen molar-refractivity contribution in [1.29, 1.82) is 0 Å². The Kier molecular flexibility index (Phi) is 3.95. The first kappa shape index (κ1) is 16.8. The number of hydrogen-bond donors (Lipinski definition) is 1. The van der Waals surface area contributed by atoms with Crippen LogP contribution in [0.5, 0.6) is 5.75 Å². The van der Waals surface area contributed by atoms with E-state index in [2.05, 4.69) is 15.5 Å². The Hall–Kier alpha value is -2.37. The second-order valence-electron chi connectivity index (χ2n) is 8.69. The highest BCUT2D eigenvalue weighted by Crippen LogP contribution is 2.55. The van der Waals surface area contributed by atoms with Crippen LogP contribution in [0.4, 0.5) is 0 Å². The Morgan fingerprint density at radius 3 is 2.33 bits per heavy atom. The van der Waals surface area contributed by atoms with Crippen LogP contribution in [0.2, 0.25) is 0 Å². The summed E-state index contributed by atoms with van der Waals surface area (Å²) in [5, 5.41) is 7.21. The van der Waals surface area contributed by atoms with Crippen molar-refractivity contribution in [2.75, 3.05) is 0 Å². The van der Waals surface area contributed by atoms with Crippen molar-refractivity contribution in [2.45, 2.75) is 57.6 Å². The van der Waals surface area contributed by atoms with Crippen LogP contribution >= 0.6 is 0 Å². The number of hydrogen-bond acceptors (Lipinski definition) is 5. The van der Waals surface area contributed by atoms with E-state index in [-0.39, 0.29) is 18.1 Å². The summed E-state index contributed by atoms with van der Waals surface area (Å²) in [5.74, 6) is 4.21. The van der Waals surface area contributed by atoms with Gasteiger partial charge in [-0.05, 0) is 80.5 Å². The third-order valence-corrected chi connectivity index (χ3v) is 6.47. The van der Waals surface area contributed by atoms with Gasteiger partial charge < -0.3 is 14.6 Å². The lowest BCUT2D eigenvalue weighted by Gasteiger charge is -2.56. The van der Waals surface area contributed by atoms with Gasteiger partial charge in [0.1, 0.15) is 5.75 Å². The summed E-state index contributed by atoms with van der Waals surface area (Å²) in [6.07, 6.45) is 7.62. The highest BCUT2D eigenvalue weighted by molar-refractivity contribution is 5.94. The molecule has 4 aliphatic carbocycles. The summed E-state index contributed by atoms with van der Waals surface area (Å²) in [6, 6.07) is 7.29. The lowest BCUT2D eigenvalue weighted by atomic mass is 9.53. The maximum atomic E-state index is 12.8. The van der Waals surface area contributed by atoms with Crippen LogP contribution in [0.1, 0.15) is 60.6 Å². The van der Waals surface area contributed by atoms with Gasteiger partial charge in [0, 0.05) is 18.0 Å². The Labute approximate surface area is 158 Å². The summed E-state index contributed by atoms with van der Waals surface area (Å²) in [5.41, 5.74) is 0.728. The lowest BCUT2D eigenvalue weighted by molar-refractivity contribution is -0.0167. The summed E-state index contributed by atoms with van der Waals surface area (Å²) < 4.78 is 10.6. The van der Waals surface area contributed by atoms with Crippen molar-refractivity contribution < 1.29 is 14.1 Å². The first-order valence-electron chi connectivity index (χ1n) is 9.91. The molecule has 0 unspecified atom stereocenters. The number of aromatic nitrogens is 2. The van der Waals surface area contributed by atoms with Gasteiger partial charge in [-0.2, -0.15) is 4.98 Å². The third-order valence-electron chi connectivity index (χ3n) is 6.47.